The molecule has 11 heavy (non-hydrogen) atoms. The van der Waals surface area contributed by atoms with E-state index in [4.69, 9.17) is 0 Å². The summed E-state index contributed by atoms with van der Waals surface area (Å²) < 4.78 is 22.5. The van der Waals surface area contributed by atoms with Crippen LogP contribution in [-0.2, 0) is 9.84 Å². The van der Waals surface area contributed by atoms with Crippen LogP contribution in [0.3, 0.4) is 0 Å². The van der Waals surface area contributed by atoms with Crippen LogP contribution in [0, 0.1) is 5.92 Å². The lowest BCUT2D eigenvalue weighted by Crippen LogP contribution is -2.28. The minimum Gasteiger partial charge on any atom is -0.300 e. The molecule has 1 rings (SSSR count). The van der Waals surface area contributed by atoms with Crippen LogP contribution in [0.25, 0.3) is 0 Å². The molecule has 0 aromatic carbocycles. The minimum atomic E-state index is -2.79. The van der Waals surface area contributed by atoms with Gasteiger partial charge in [0, 0.05) is 6.54 Å². The van der Waals surface area contributed by atoms with Crippen molar-refractivity contribution >= 4 is 9.84 Å². The van der Waals surface area contributed by atoms with Crippen molar-refractivity contribution in [2.45, 2.75) is 25.6 Å². The van der Waals surface area contributed by atoms with Crippen LogP contribution < -0.4 is 5.32 Å². The van der Waals surface area contributed by atoms with E-state index < -0.39 is 9.84 Å². The molecule has 0 spiro atoms. The molecule has 1 atom stereocenters. The Hall–Kier alpha value is -0.0900. The predicted molar refractivity (Wildman–Crippen MR) is 45.0 cm³/mol. The maximum absolute atomic E-state index is 11.2. The van der Waals surface area contributed by atoms with Crippen molar-refractivity contribution in [1.82, 2.24) is 5.32 Å². The third-order valence-electron chi connectivity index (χ3n) is 1.88. The van der Waals surface area contributed by atoms with Crippen LogP contribution >= 0.6 is 0 Å². The highest BCUT2D eigenvalue weighted by molar-refractivity contribution is 7.92. The smallest absolute Gasteiger partial charge is 0.167 e. The van der Waals surface area contributed by atoms with Crippen molar-refractivity contribution in [2.75, 3.05) is 12.3 Å². The van der Waals surface area contributed by atoms with E-state index in [0.29, 0.717) is 18.2 Å². The molecule has 4 heteroatoms. The van der Waals surface area contributed by atoms with Crippen molar-refractivity contribution in [1.29, 1.82) is 0 Å². The summed E-state index contributed by atoms with van der Waals surface area (Å²) in [5.41, 5.74) is 0. The predicted octanol–water partition coefficient (Wildman–Crippen LogP) is 0.377. The van der Waals surface area contributed by atoms with Crippen molar-refractivity contribution in [3.8, 4) is 0 Å². The first-order valence-electron chi connectivity index (χ1n) is 3.97. The molecule has 0 aliphatic carbocycles. The van der Waals surface area contributed by atoms with Crippen LogP contribution in [0.2, 0.25) is 0 Å². The fraction of sp³-hybridized carbons (Fsp3) is 1.00. The maximum Gasteiger partial charge on any atom is 0.167 e. The van der Waals surface area contributed by atoms with Crippen LogP contribution in [0.4, 0.5) is 0 Å². The van der Waals surface area contributed by atoms with Gasteiger partial charge in [-0.15, -0.1) is 0 Å². The van der Waals surface area contributed by atoms with Crippen molar-refractivity contribution in [3.63, 3.8) is 0 Å². The molecule has 0 aromatic heterocycles. The first-order valence-corrected chi connectivity index (χ1v) is 5.69. The first-order chi connectivity index (χ1) is 5.02. The highest BCUT2D eigenvalue weighted by Crippen LogP contribution is 2.14. The number of hydrogen-bond acceptors (Lipinski definition) is 3. The van der Waals surface area contributed by atoms with E-state index in [2.05, 4.69) is 5.32 Å². The van der Waals surface area contributed by atoms with Gasteiger partial charge in [-0.1, -0.05) is 13.8 Å². The zero-order valence-corrected chi connectivity index (χ0v) is 7.82. The zero-order valence-electron chi connectivity index (χ0n) is 7.00. The lowest BCUT2D eigenvalue weighted by Gasteiger charge is -2.11. The molecule has 1 unspecified atom stereocenters. The number of rotatable bonds is 2. The van der Waals surface area contributed by atoms with Crippen molar-refractivity contribution < 1.29 is 8.42 Å². The molecule has 0 aromatic rings. The summed E-state index contributed by atoms with van der Waals surface area (Å²) in [4.78, 5) is 0. The van der Waals surface area contributed by atoms with E-state index in [-0.39, 0.29) is 5.37 Å². The fourth-order valence-electron chi connectivity index (χ4n) is 1.29. The van der Waals surface area contributed by atoms with E-state index in [0.717, 1.165) is 6.42 Å². The highest BCUT2D eigenvalue weighted by atomic mass is 32.2. The second-order valence-electron chi connectivity index (χ2n) is 3.44. The topological polar surface area (TPSA) is 46.2 Å². The van der Waals surface area contributed by atoms with Gasteiger partial charge in [0.25, 0.3) is 0 Å². The third-order valence-corrected chi connectivity index (χ3v) is 3.88. The molecule has 1 fully saturated rings. The van der Waals surface area contributed by atoms with E-state index in [1.54, 1.807) is 0 Å². The van der Waals surface area contributed by atoms with E-state index in [1.165, 1.54) is 0 Å². The maximum atomic E-state index is 11.2. The monoisotopic (exact) mass is 177 g/mol. The Morgan fingerprint density at radius 1 is 1.55 bits per heavy atom. The lowest BCUT2D eigenvalue weighted by molar-refractivity contribution is 0.507. The summed E-state index contributed by atoms with van der Waals surface area (Å²) in [6.45, 7) is 4.70. The summed E-state index contributed by atoms with van der Waals surface area (Å²) in [5.74, 6) is 0.755. The number of hydrogen-bond donors (Lipinski definition) is 1. The minimum absolute atomic E-state index is 0.275. The summed E-state index contributed by atoms with van der Waals surface area (Å²) in [6, 6.07) is 0. The second kappa shape index (κ2) is 3.11. The van der Waals surface area contributed by atoms with Gasteiger partial charge < -0.3 is 5.32 Å². The van der Waals surface area contributed by atoms with Gasteiger partial charge in [-0.25, -0.2) is 8.42 Å². The molecule has 1 aliphatic rings. The molecule has 3 nitrogen and oxygen atoms in total. The molecular weight excluding hydrogens is 162 g/mol. The second-order valence-corrected chi connectivity index (χ2v) is 5.74. The molecule has 0 amide bonds. The van der Waals surface area contributed by atoms with Crippen LogP contribution in [0.5, 0.6) is 0 Å². The van der Waals surface area contributed by atoms with Gasteiger partial charge in [-0.3, -0.25) is 0 Å². The van der Waals surface area contributed by atoms with Crippen molar-refractivity contribution in [2.24, 2.45) is 5.92 Å². The van der Waals surface area contributed by atoms with Crippen LogP contribution in [0.15, 0.2) is 0 Å². The lowest BCUT2D eigenvalue weighted by atomic mass is 10.1. The van der Waals surface area contributed by atoms with E-state index in [9.17, 15) is 8.42 Å². The van der Waals surface area contributed by atoms with Gasteiger partial charge in [0.15, 0.2) is 9.84 Å². The Morgan fingerprint density at radius 3 is 2.55 bits per heavy atom. The van der Waals surface area contributed by atoms with Gasteiger partial charge >= 0.3 is 0 Å². The molecule has 0 radical (unpaired) electrons. The average molecular weight is 177 g/mol. The third kappa shape index (κ3) is 2.17. The number of nitrogens with one attached hydrogen (secondary N) is 1. The van der Waals surface area contributed by atoms with Gasteiger partial charge in [0.1, 0.15) is 5.37 Å². The SMILES string of the molecule is CC(C)CC1NCCS1(=O)=O. The normalized spacial score (nSPS) is 29.5. The molecule has 0 bridgehead atoms. The zero-order chi connectivity index (χ0) is 8.48. The van der Waals surface area contributed by atoms with E-state index in [1.807, 2.05) is 13.8 Å². The quantitative estimate of drug-likeness (QED) is 0.663. The molecule has 1 aliphatic heterocycles. The standard InChI is InChI=1S/C7H15NO2S/c1-6(2)5-7-8-3-4-11(7,9)10/h6-8H,3-5H2,1-2H3. The van der Waals surface area contributed by atoms with Gasteiger partial charge in [-0.2, -0.15) is 0 Å². The van der Waals surface area contributed by atoms with Crippen molar-refractivity contribution in [3.05, 3.63) is 0 Å². The summed E-state index contributed by atoms with van der Waals surface area (Å²) in [5, 5.41) is 2.71. The summed E-state index contributed by atoms with van der Waals surface area (Å²) in [6.07, 6.45) is 0.738. The summed E-state index contributed by atoms with van der Waals surface area (Å²) in [7, 11) is -2.79. The van der Waals surface area contributed by atoms with E-state index >= 15 is 0 Å². The first kappa shape index (κ1) is 9.00. The Balaban J connectivity index is 2.59. The Kier molecular flexibility index (Phi) is 2.54. The highest BCUT2D eigenvalue weighted by Gasteiger charge is 2.30. The van der Waals surface area contributed by atoms with Crippen LogP contribution in [-0.4, -0.2) is 26.1 Å². The Morgan fingerprint density at radius 2 is 2.18 bits per heavy atom. The molecule has 1 N–H and O–H groups in total. The van der Waals surface area contributed by atoms with Gasteiger partial charge in [0.2, 0.25) is 0 Å². The molecule has 0 saturated carbocycles. The largest absolute Gasteiger partial charge is 0.300 e. The molecular formula is C7H15NO2S. The fourth-order valence-corrected chi connectivity index (χ4v) is 3.03. The number of sulfone groups is 1. The van der Waals surface area contributed by atoms with Crippen LogP contribution in [0.1, 0.15) is 20.3 Å². The molecule has 1 saturated heterocycles. The van der Waals surface area contributed by atoms with Gasteiger partial charge in [-0.05, 0) is 12.3 Å². The van der Waals surface area contributed by atoms with Gasteiger partial charge in [0.05, 0.1) is 5.75 Å². The summed E-state index contributed by atoms with van der Waals surface area (Å²) >= 11 is 0. The molecule has 66 valence electrons. The molecule has 1 heterocycles. The Labute approximate surface area is 68.1 Å². The Bertz CT molecular complexity index is 221. The average Bonchev–Trinajstić information content (AvgIpc) is 2.10.